The average Bonchev–Trinajstić information content (AvgIpc) is 3.07. The molecule has 2 nitrogen and oxygen atoms in total. The Balaban J connectivity index is 1.85. The van der Waals surface area contributed by atoms with Crippen molar-refractivity contribution >= 4 is 0 Å². The number of nitrogens with zero attached hydrogens (tertiary/aromatic N) is 1. The van der Waals surface area contributed by atoms with Crippen LogP contribution in [0.2, 0.25) is 0 Å². The van der Waals surface area contributed by atoms with E-state index in [9.17, 15) is 0 Å². The van der Waals surface area contributed by atoms with Crippen molar-refractivity contribution < 1.29 is 0 Å². The first-order valence-electron chi connectivity index (χ1n) is 8.28. The number of hydrogen-bond acceptors (Lipinski definition) is 2. The molecule has 1 fully saturated rings. The quantitative estimate of drug-likeness (QED) is 0.898. The lowest BCUT2D eigenvalue weighted by atomic mass is 9.82. The van der Waals surface area contributed by atoms with Crippen LogP contribution in [0.25, 0.3) is 0 Å². The average molecular weight is 294 g/mol. The molecule has 0 bridgehead atoms. The predicted octanol–water partition coefficient (Wildman–Crippen LogP) is 4.13. The second kappa shape index (κ2) is 6.64. The van der Waals surface area contributed by atoms with Gasteiger partial charge in [-0.15, -0.1) is 0 Å². The molecule has 2 aromatic rings. The van der Waals surface area contributed by atoms with E-state index >= 15 is 0 Å². The van der Waals surface area contributed by atoms with Gasteiger partial charge in [-0.3, -0.25) is 4.90 Å². The molecule has 0 unspecified atom stereocenters. The standard InChI is InChI=1S/C20H26N2/c1-22(16-17-10-4-2-5-11-17)20(14-8-9-15-20)19(21)18-12-6-3-7-13-18/h2-7,10-13,19H,8-9,14-16,21H2,1H3/t19-/m0/s1. The van der Waals surface area contributed by atoms with Crippen molar-refractivity contribution in [3.8, 4) is 0 Å². The number of hydrogen-bond donors (Lipinski definition) is 1. The molecule has 22 heavy (non-hydrogen) atoms. The van der Waals surface area contributed by atoms with Crippen molar-refractivity contribution in [3.63, 3.8) is 0 Å². The molecule has 1 aliphatic carbocycles. The van der Waals surface area contributed by atoms with Gasteiger partial charge in [0, 0.05) is 18.1 Å². The van der Waals surface area contributed by atoms with E-state index in [4.69, 9.17) is 5.73 Å². The van der Waals surface area contributed by atoms with Crippen LogP contribution in [0.3, 0.4) is 0 Å². The molecule has 3 rings (SSSR count). The molecular formula is C20H26N2. The van der Waals surface area contributed by atoms with Gasteiger partial charge in [0.1, 0.15) is 0 Å². The van der Waals surface area contributed by atoms with E-state index in [-0.39, 0.29) is 11.6 Å². The summed E-state index contributed by atoms with van der Waals surface area (Å²) in [5, 5.41) is 0. The molecule has 1 saturated carbocycles. The van der Waals surface area contributed by atoms with E-state index in [2.05, 4.69) is 72.6 Å². The number of benzene rings is 2. The van der Waals surface area contributed by atoms with Crippen LogP contribution >= 0.6 is 0 Å². The normalized spacial score (nSPS) is 18.5. The van der Waals surface area contributed by atoms with Gasteiger partial charge in [0.2, 0.25) is 0 Å². The first kappa shape index (κ1) is 15.3. The molecule has 1 aliphatic rings. The Labute approximate surface area is 134 Å². The summed E-state index contributed by atoms with van der Waals surface area (Å²) in [7, 11) is 2.24. The van der Waals surface area contributed by atoms with Crippen LogP contribution in [0.5, 0.6) is 0 Å². The van der Waals surface area contributed by atoms with Crippen LogP contribution < -0.4 is 5.73 Å². The zero-order valence-corrected chi connectivity index (χ0v) is 13.4. The third-order valence-electron chi connectivity index (χ3n) is 5.23. The van der Waals surface area contributed by atoms with Gasteiger partial charge < -0.3 is 5.73 Å². The molecular weight excluding hydrogens is 268 g/mol. The maximum Gasteiger partial charge on any atom is 0.0482 e. The van der Waals surface area contributed by atoms with Crippen molar-refractivity contribution in [1.29, 1.82) is 0 Å². The molecule has 1 atom stereocenters. The van der Waals surface area contributed by atoms with Gasteiger partial charge in [-0.2, -0.15) is 0 Å². The first-order chi connectivity index (χ1) is 10.7. The third-order valence-corrected chi connectivity index (χ3v) is 5.23. The van der Waals surface area contributed by atoms with E-state index < -0.39 is 0 Å². The molecule has 0 radical (unpaired) electrons. The Morgan fingerprint density at radius 1 is 0.955 bits per heavy atom. The molecule has 116 valence electrons. The molecule has 0 aromatic heterocycles. The second-order valence-electron chi connectivity index (χ2n) is 6.54. The fourth-order valence-electron chi connectivity index (χ4n) is 3.90. The molecule has 0 spiro atoms. The summed E-state index contributed by atoms with van der Waals surface area (Å²) in [6, 6.07) is 21.4. The summed E-state index contributed by atoms with van der Waals surface area (Å²) in [4.78, 5) is 2.49. The maximum absolute atomic E-state index is 6.75. The Bertz CT molecular complexity index is 573. The smallest absolute Gasteiger partial charge is 0.0482 e. The Morgan fingerprint density at radius 2 is 1.50 bits per heavy atom. The maximum atomic E-state index is 6.75. The molecule has 2 N–H and O–H groups in total. The van der Waals surface area contributed by atoms with E-state index in [1.165, 1.54) is 36.8 Å². The number of rotatable bonds is 5. The topological polar surface area (TPSA) is 29.3 Å². The zero-order valence-electron chi connectivity index (χ0n) is 13.4. The van der Waals surface area contributed by atoms with E-state index in [1.807, 2.05) is 0 Å². The van der Waals surface area contributed by atoms with Gasteiger partial charge >= 0.3 is 0 Å². The van der Waals surface area contributed by atoms with Gasteiger partial charge in [0.15, 0.2) is 0 Å². The fraction of sp³-hybridized carbons (Fsp3) is 0.400. The minimum atomic E-state index is 0.0740. The minimum absolute atomic E-state index is 0.0740. The summed E-state index contributed by atoms with van der Waals surface area (Å²) in [5.41, 5.74) is 9.44. The van der Waals surface area contributed by atoms with Crippen molar-refractivity contribution in [3.05, 3.63) is 71.8 Å². The fourth-order valence-corrected chi connectivity index (χ4v) is 3.90. The first-order valence-corrected chi connectivity index (χ1v) is 8.28. The lowest BCUT2D eigenvalue weighted by Crippen LogP contribution is -2.51. The van der Waals surface area contributed by atoms with Crippen LogP contribution in [-0.4, -0.2) is 17.5 Å². The van der Waals surface area contributed by atoms with Crippen molar-refractivity contribution in [2.24, 2.45) is 5.73 Å². The Hall–Kier alpha value is -1.64. The van der Waals surface area contributed by atoms with Crippen molar-refractivity contribution in [1.82, 2.24) is 4.90 Å². The lowest BCUT2D eigenvalue weighted by Gasteiger charge is -2.44. The number of likely N-dealkylation sites (N-methyl/N-ethyl adjacent to an activating group) is 1. The molecule has 0 saturated heterocycles. The molecule has 2 aromatic carbocycles. The summed E-state index contributed by atoms with van der Waals surface area (Å²) >= 11 is 0. The van der Waals surface area contributed by atoms with Gasteiger partial charge in [-0.1, -0.05) is 73.5 Å². The van der Waals surface area contributed by atoms with Crippen LogP contribution in [0.1, 0.15) is 42.9 Å². The van der Waals surface area contributed by atoms with Gasteiger partial charge in [0.25, 0.3) is 0 Å². The van der Waals surface area contributed by atoms with Crippen LogP contribution in [0.4, 0.5) is 0 Å². The molecule has 0 amide bonds. The van der Waals surface area contributed by atoms with Crippen LogP contribution in [0, 0.1) is 0 Å². The zero-order chi connectivity index (χ0) is 15.4. The molecule has 0 aliphatic heterocycles. The monoisotopic (exact) mass is 294 g/mol. The highest BCUT2D eigenvalue weighted by molar-refractivity contribution is 5.24. The summed E-state index contributed by atoms with van der Waals surface area (Å²) in [5.74, 6) is 0. The van der Waals surface area contributed by atoms with E-state index in [1.54, 1.807) is 0 Å². The number of nitrogens with two attached hydrogens (primary N) is 1. The largest absolute Gasteiger partial charge is 0.322 e. The highest BCUT2D eigenvalue weighted by Crippen LogP contribution is 2.43. The minimum Gasteiger partial charge on any atom is -0.322 e. The Kier molecular flexibility index (Phi) is 4.60. The van der Waals surface area contributed by atoms with Crippen molar-refractivity contribution in [2.75, 3.05) is 7.05 Å². The van der Waals surface area contributed by atoms with E-state index in [0.29, 0.717) is 0 Å². The highest BCUT2D eigenvalue weighted by atomic mass is 15.2. The summed E-state index contributed by atoms with van der Waals surface area (Å²) in [6.07, 6.45) is 4.93. The van der Waals surface area contributed by atoms with Gasteiger partial charge in [-0.25, -0.2) is 0 Å². The van der Waals surface area contributed by atoms with Crippen LogP contribution in [0.15, 0.2) is 60.7 Å². The van der Waals surface area contributed by atoms with E-state index in [0.717, 1.165) is 6.54 Å². The SMILES string of the molecule is CN(Cc1ccccc1)C1([C@@H](N)c2ccccc2)CCCC1. The second-order valence-corrected chi connectivity index (χ2v) is 6.54. The summed E-state index contributed by atoms with van der Waals surface area (Å²) in [6.45, 7) is 0.960. The van der Waals surface area contributed by atoms with Crippen molar-refractivity contribution in [2.45, 2.75) is 43.8 Å². The van der Waals surface area contributed by atoms with Gasteiger partial charge in [0.05, 0.1) is 0 Å². The van der Waals surface area contributed by atoms with Crippen LogP contribution in [-0.2, 0) is 6.54 Å². The highest BCUT2D eigenvalue weighted by Gasteiger charge is 2.43. The Morgan fingerprint density at radius 3 is 2.09 bits per heavy atom. The molecule has 2 heteroatoms. The third kappa shape index (κ3) is 2.94. The lowest BCUT2D eigenvalue weighted by molar-refractivity contribution is 0.0866. The molecule has 0 heterocycles. The van der Waals surface area contributed by atoms with Gasteiger partial charge in [-0.05, 0) is 31.0 Å². The predicted molar refractivity (Wildman–Crippen MR) is 92.5 cm³/mol. The summed E-state index contributed by atoms with van der Waals surface area (Å²) < 4.78 is 0.